The number of aliphatic imine (C=N–C) groups is 1. The van der Waals surface area contributed by atoms with Crippen LogP contribution in [0.2, 0.25) is 5.02 Å². The van der Waals surface area contributed by atoms with Crippen molar-refractivity contribution in [3.8, 4) is 0 Å². The zero-order valence-electron chi connectivity index (χ0n) is 11.9. The van der Waals surface area contributed by atoms with Gasteiger partial charge in [-0.25, -0.2) is 0 Å². The van der Waals surface area contributed by atoms with Gasteiger partial charge < -0.3 is 16.4 Å². The third kappa shape index (κ3) is 4.93. The fourth-order valence-electron chi connectivity index (χ4n) is 2.41. The summed E-state index contributed by atoms with van der Waals surface area (Å²) in [4.78, 5) is 16.1. The zero-order valence-corrected chi connectivity index (χ0v) is 12.7. The average Bonchev–Trinajstić information content (AvgIpc) is 2.96. The summed E-state index contributed by atoms with van der Waals surface area (Å²) in [6.45, 7) is 0.874. The lowest BCUT2D eigenvalue weighted by atomic mass is 10.2. The van der Waals surface area contributed by atoms with Crippen molar-refractivity contribution in [2.24, 2.45) is 10.7 Å². The summed E-state index contributed by atoms with van der Waals surface area (Å²) in [5, 5.41) is 6.42. The smallest absolute Gasteiger partial charge is 0.252 e. The highest BCUT2D eigenvalue weighted by Crippen LogP contribution is 2.17. The van der Waals surface area contributed by atoms with E-state index in [0.29, 0.717) is 35.7 Å². The van der Waals surface area contributed by atoms with Gasteiger partial charge in [-0.05, 0) is 25.0 Å². The molecule has 1 aliphatic carbocycles. The first-order valence-corrected chi connectivity index (χ1v) is 7.64. The van der Waals surface area contributed by atoms with Crippen molar-refractivity contribution in [2.75, 3.05) is 13.1 Å². The van der Waals surface area contributed by atoms with E-state index >= 15 is 0 Å². The number of nitrogens with zero attached hydrogens (tertiary/aromatic N) is 1. The van der Waals surface area contributed by atoms with Gasteiger partial charge in [-0.3, -0.25) is 9.79 Å². The van der Waals surface area contributed by atoms with E-state index in [0.717, 1.165) is 12.8 Å². The third-order valence-electron chi connectivity index (χ3n) is 3.51. The van der Waals surface area contributed by atoms with Gasteiger partial charge in [-0.15, -0.1) is 0 Å². The second-order valence-electron chi connectivity index (χ2n) is 5.13. The van der Waals surface area contributed by atoms with Crippen LogP contribution in [0.4, 0.5) is 0 Å². The van der Waals surface area contributed by atoms with Crippen LogP contribution < -0.4 is 16.4 Å². The van der Waals surface area contributed by atoms with Gasteiger partial charge in [0.15, 0.2) is 5.96 Å². The van der Waals surface area contributed by atoms with Gasteiger partial charge in [0.1, 0.15) is 0 Å². The topological polar surface area (TPSA) is 79.5 Å². The number of hydrogen-bond donors (Lipinski definition) is 3. The minimum absolute atomic E-state index is 0.196. The molecule has 0 atom stereocenters. The van der Waals surface area contributed by atoms with Crippen LogP contribution in [0.25, 0.3) is 0 Å². The second-order valence-corrected chi connectivity index (χ2v) is 5.54. The van der Waals surface area contributed by atoms with Gasteiger partial charge >= 0.3 is 0 Å². The molecule has 4 N–H and O–H groups in total. The Morgan fingerprint density at radius 2 is 2.05 bits per heavy atom. The molecule has 0 spiro atoms. The van der Waals surface area contributed by atoms with E-state index in [2.05, 4.69) is 15.6 Å². The van der Waals surface area contributed by atoms with Crippen LogP contribution in [-0.4, -0.2) is 31.0 Å². The SMILES string of the molecule is NC(=NCCNC(=O)c1ccccc1Cl)NC1CCCC1. The molecule has 0 unspecified atom stereocenters. The number of hydrogen-bond acceptors (Lipinski definition) is 2. The van der Waals surface area contributed by atoms with Crippen molar-refractivity contribution < 1.29 is 4.79 Å². The summed E-state index contributed by atoms with van der Waals surface area (Å²) < 4.78 is 0. The van der Waals surface area contributed by atoms with Crippen molar-refractivity contribution in [1.82, 2.24) is 10.6 Å². The molecule has 1 amide bonds. The normalized spacial score (nSPS) is 16.0. The molecule has 5 nitrogen and oxygen atoms in total. The first kappa shape index (κ1) is 15.6. The van der Waals surface area contributed by atoms with E-state index < -0.39 is 0 Å². The average molecular weight is 309 g/mol. The molecule has 114 valence electrons. The highest BCUT2D eigenvalue weighted by molar-refractivity contribution is 6.33. The maximum absolute atomic E-state index is 11.9. The van der Waals surface area contributed by atoms with E-state index in [9.17, 15) is 4.79 Å². The fraction of sp³-hybridized carbons (Fsp3) is 0.467. The Labute approximate surface area is 130 Å². The Kier molecular flexibility index (Phi) is 5.87. The lowest BCUT2D eigenvalue weighted by Gasteiger charge is -2.12. The van der Waals surface area contributed by atoms with Crippen LogP contribution in [0.5, 0.6) is 0 Å². The molecule has 1 fully saturated rings. The van der Waals surface area contributed by atoms with Gasteiger partial charge in [-0.2, -0.15) is 0 Å². The molecule has 2 rings (SSSR count). The highest BCUT2D eigenvalue weighted by atomic mass is 35.5. The number of nitrogens with two attached hydrogens (primary N) is 1. The lowest BCUT2D eigenvalue weighted by Crippen LogP contribution is -2.39. The fourth-order valence-corrected chi connectivity index (χ4v) is 2.63. The molecule has 6 heteroatoms. The summed E-state index contributed by atoms with van der Waals surface area (Å²) in [6, 6.07) is 7.41. The maximum atomic E-state index is 11.9. The van der Waals surface area contributed by atoms with Crippen molar-refractivity contribution in [3.05, 3.63) is 34.9 Å². The molecule has 21 heavy (non-hydrogen) atoms. The number of guanidine groups is 1. The van der Waals surface area contributed by atoms with Crippen molar-refractivity contribution in [1.29, 1.82) is 0 Å². The summed E-state index contributed by atoms with van der Waals surface area (Å²) in [7, 11) is 0. The summed E-state index contributed by atoms with van der Waals surface area (Å²) >= 11 is 5.96. The maximum Gasteiger partial charge on any atom is 0.252 e. The molecule has 0 radical (unpaired) electrons. The molecule has 1 aromatic rings. The van der Waals surface area contributed by atoms with Gasteiger partial charge in [0.05, 0.1) is 17.1 Å². The van der Waals surface area contributed by atoms with Gasteiger partial charge in [0.2, 0.25) is 0 Å². The number of nitrogens with one attached hydrogen (secondary N) is 2. The summed E-state index contributed by atoms with van der Waals surface area (Å²) in [5.74, 6) is 0.256. The molecular formula is C15H21ClN4O. The zero-order chi connectivity index (χ0) is 15.1. The van der Waals surface area contributed by atoms with Crippen LogP contribution in [0.3, 0.4) is 0 Å². The predicted octanol–water partition coefficient (Wildman–Crippen LogP) is 1.92. The Morgan fingerprint density at radius 3 is 2.76 bits per heavy atom. The first-order chi connectivity index (χ1) is 10.2. The Hall–Kier alpha value is -1.75. The number of benzene rings is 1. The molecule has 1 aromatic carbocycles. The van der Waals surface area contributed by atoms with Gasteiger partial charge in [0.25, 0.3) is 5.91 Å². The van der Waals surface area contributed by atoms with E-state index in [-0.39, 0.29) is 5.91 Å². The van der Waals surface area contributed by atoms with Crippen molar-refractivity contribution in [2.45, 2.75) is 31.7 Å². The predicted molar refractivity (Wildman–Crippen MR) is 85.7 cm³/mol. The van der Waals surface area contributed by atoms with Crippen LogP contribution >= 0.6 is 11.6 Å². The van der Waals surface area contributed by atoms with E-state index in [1.807, 2.05) is 0 Å². The minimum Gasteiger partial charge on any atom is -0.370 e. The number of halogens is 1. The summed E-state index contributed by atoms with van der Waals surface area (Å²) in [5.41, 5.74) is 6.28. The van der Waals surface area contributed by atoms with Crippen LogP contribution in [0, 0.1) is 0 Å². The number of carbonyl (C=O) groups excluding carboxylic acids is 1. The van der Waals surface area contributed by atoms with Crippen molar-refractivity contribution in [3.63, 3.8) is 0 Å². The van der Waals surface area contributed by atoms with Gasteiger partial charge in [0, 0.05) is 12.6 Å². The molecule has 0 saturated heterocycles. The number of rotatable bonds is 5. The van der Waals surface area contributed by atoms with Crippen LogP contribution in [0.15, 0.2) is 29.3 Å². The standard InChI is InChI=1S/C15H21ClN4O/c16-13-8-4-3-7-12(13)14(21)18-9-10-19-15(17)20-11-5-1-2-6-11/h3-4,7-8,11H,1-2,5-6,9-10H2,(H,18,21)(H3,17,19,20). The summed E-state index contributed by atoms with van der Waals surface area (Å²) in [6.07, 6.45) is 4.80. The second kappa shape index (κ2) is 7.88. The third-order valence-corrected chi connectivity index (χ3v) is 3.83. The quantitative estimate of drug-likeness (QED) is 0.442. The van der Waals surface area contributed by atoms with E-state index in [1.165, 1.54) is 12.8 Å². The molecule has 0 bridgehead atoms. The molecule has 1 saturated carbocycles. The Morgan fingerprint density at radius 1 is 1.33 bits per heavy atom. The van der Waals surface area contributed by atoms with Crippen LogP contribution in [0.1, 0.15) is 36.0 Å². The Bertz CT molecular complexity index is 512. The van der Waals surface area contributed by atoms with E-state index in [4.69, 9.17) is 17.3 Å². The van der Waals surface area contributed by atoms with Crippen molar-refractivity contribution >= 4 is 23.5 Å². The monoisotopic (exact) mass is 308 g/mol. The number of carbonyl (C=O) groups is 1. The molecule has 1 aliphatic rings. The molecule has 0 aromatic heterocycles. The lowest BCUT2D eigenvalue weighted by molar-refractivity contribution is 0.0955. The largest absolute Gasteiger partial charge is 0.370 e. The first-order valence-electron chi connectivity index (χ1n) is 7.26. The van der Waals surface area contributed by atoms with Crippen LogP contribution in [-0.2, 0) is 0 Å². The highest BCUT2D eigenvalue weighted by Gasteiger charge is 2.14. The number of amides is 1. The molecule has 0 heterocycles. The Balaban J connectivity index is 1.71. The molecular weight excluding hydrogens is 288 g/mol. The molecule has 0 aliphatic heterocycles. The van der Waals surface area contributed by atoms with Gasteiger partial charge in [-0.1, -0.05) is 36.6 Å². The minimum atomic E-state index is -0.196. The van der Waals surface area contributed by atoms with E-state index in [1.54, 1.807) is 24.3 Å².